The number of hydrogen-bond acceptors (Lipinski definition) is 4. The Kier molecular flexibility index (Phi) is 21.9. The van der Waals surface area contributed by atoms with E-state index in [1.807, 2.05) is 19.9 Å². The van der Waals surface area contributed by atoms with Gasteiger partial charge in [-0.15, -0.1) is 0 Å². The van der Waals surface area contributed by atoms with Crippen LogP contribution in [0.25, 0.3) is 0 Å². The monoisotopic (exact) mass is 603 g/mol. The molecule has 0 saturated carbocycles. The van der Waals surface area contributed by atoms with E-state index in [0.717, 1.165) is 38.5 Å². The number of allylic oxidation sites excluding steroid dienone is 12. The van der Waals surface area contributed by atoms with Gasteiger partial charge in [-0.1, -0.05) is 106 Å². The van der Waals surface area contributed by atoms with Crippen LogP contribution in [0.15, 0.2) is 97.2 Å². The van der Waals surface area contributed by atoms with Gasteiger partial charge in [0.15, 0.2) is 0 Å². The smallest absolute Gasteiger partial charge is 0.255 e. The van der Waals surface area contributed by atoms with Crippen molar-refractivity contribution in [2.75, 3.05) is 13.1 Å². The van der Waals surface area contributed by atoms with Crippen molar-refractivity contribution in [2.45, 2.75) is 84.6 Å². The zero-order valence-corrected chi connectivity index (χ0v) is 26.8. The summed E-state index contributed by atoms with van der Waals surface area (Å²) in [7, 11) is 0. The van der Waals surface area contributed by atoms with Crippen molar-refractivity contribution < 1.29 is 19.5 Å². The van der Waals surface area contributed by atoms with Crippen molar-refractivity contribution in [3.63, 3.8) is 0 Å². The molecule has 1 rings (SSSR count). The van der Waals surface area contributed by atoms with E-state index < -0.39 is 11.9 Å². The fourth-order valence-electron chi connectivity index (χ4n) is 4.06. The first-order valence-corrected chi connectivity index (χ1v) is 15.9. The number of benzene rings is 1. The van der Waals surface area contributed by atoms with Crippen LogP contribution < -0.4 is 16.0 Å². The largest absolute Gasteiger partial charge is 0.507 e. The average molecular weight is 604 g/mol. The van der Waals surface area contributed by atoms with E-state index in [4.69, 9.17) is 0 Å². The zero-order valence-electron chi connectivity index (χ0n) is 26.8. The van der Waals surface area contributed by atoms with Crippen molar-refractivity contribution in [2.24, 2.45) is 5.92 Å². The van der Waals surface area contributed by atoms with Crippen LogP contribution in [0, 0.1) is 5.92 Å². The van der Waals surface area contributed by atoms with Gasteiger partial charge < -0.3 is 21.1 Å². The van der Waals surface area contributed by atoms with Gasteiger partial charge in [0.25, 0.3) is 5.91 Å². The number of hydrogen-bond donors (Lipinski definition) is 4. The van der Waals surface area contributed by atoms with E-state index in [-0.39, 0.29) is 35.6 Å². The molecule has 0 radical (unpaired) electrons. The molecule has 0 fully saturated rings. The molecule has 7 nitrogen and oxygen atoms in total. The third kappa shape index (κ3) is 19.9. The van der Waals surface area contributed by atoms with E-state index in [0.29, 0.717) is 25.8 Å². The molecule has 4 N–H and O–H groups in total. The maximum atomic E-state index is 12.7. The Bertz CT molecular complexity index is 1150. The highest BCUT2D eigenvalue weighted by Gasteiger charge is 2.23. The lowest BCUT2D eigenvalue weighted by Crippen LogP contribution is -2.48. The summed E-state index contributed by atoms with van der Waals surface area (Å²) in [4.78, 5) is 37.4. The Hall–Kier alpha value is -4.13. The van der Waals surface area contributed by atoms with Crippen molar-refractivity contribution in [3.05, 3.63) is 103 Å². The number of amides is 3. The quantitative estimate of drug-likeness (QED) is 0.0827. The Morgan fingerprint density at radius 2 is 1.23 bits per heavy atom. The van der Waals surface area contributed by atoms with Crippen molar-refractivity contribution in [3.8, 4) is 5.75 Å². The molecule has 7 heteroatoms. The zero-order chi connectivity index (χ0) is 32.3. The molecule has 0 aliphatic rings. The molecule has 0 spiro atoms. The number of para-hydroxylation sites is 1. The lowest BCUT2D eigenvalue weighted by Gasteiger charge is -2.20. The van der Waals surface area contributed by atoms with Crippen molar-refractivity contribution in [1.82, 2.24) is 16.0 Å². The van der Waals surface area contributed by atoms with Gasteiger partial charge in [0, 0.05) is 19.5 Å². The Morgan fingerprint density at radius 3 is 1.75 bits per heavy atom. The molecular weight excluding hydrogens is 550 g/mol. The minimum Gasteiger partial charge on any atom is -0.507 e. The minimum absolute atomic E-state index is 0.0784. The minimum atomic E-state index is -0.745. The number of aromatic hydroxyl groups is 1. The molecule has 0 aliphatic heterocycles. The molecule has 1 aromatic rings. The molecule has 0 aliphatic carbocycles. The summed E-state index contributed by atoms with van der Waals surface area (Å²) in [5, 5.41) is 18.2. The lowest BCUT2D eigenvalue weighted by molar-refractivity contribution is -0.124. The van der Waals surface area contributed by atoms with Crippen LogP contribution >= 0.6 is 0 Å². The van der Waals surface area contributed by atoms with Gasteiger partial charge in [-0.2, -0.15) is 0 Å². The van der Waals surface area contributed by atoms with Gasteiger partial charge >= 0.3 is 0 Å². The summed E-state index contributed by atoms with van der Waals surface area (Å²) in [6.07, 6.45) is 33.1. The van der Waals surface area contributed by atoms with Crippen LogP contribution in [0.5, 0.6) is 5.75 Å². The molecule has 0 heterocycles. The highest BCUT2D eigenvalue weighted by Crippen LogP contribution is 2.16. The van der Waals surface area contributed by atoms with E-state index in [1.54, 1.807) is 12.1 Å². The number of phenols is 1. The third-order valence-electron chi connectivity index (χ3n) is 6.36. The molecule has 44 heavy (non-hydrogen) atoms. The van der Waals surface area contributed by atoms with E-state index in [9.17, 15) is 19.5 Å². The Labute approximate surface area is 265 Å². The number of carbonyl (C=O) groups is 3. The van der Waals surface area contributed by atoms with Crippen molar-refractivity contribution in [1.29, 1.82) is 0 Å². The predicted octanol–water partition coefficient (Wildman–Crippen LogP) is 7.25. The maximum absolute atomic E-state index is 12.7. The third-order valence-corrected chi connectivity index (χ3v) is 6.36. The fraction of sp³-hybridized carbons (Fsp3) is 0.432. The van der Waals surface area contributed by atoms with Gasteiger partial charge in [-0.05, 0) is 69.4 Å². The van der Waals surface area contributed by atoms with Gasteiger partial charge in [-0.25, -0.2) is 0 Å². The first kappa shape index (κ1) is 37.9. The summed E-state index contributed by atoms with van der Waals surface area (Å²) in [6, 6.07) is 5.47. The number of rotatable bonds is 22. The molecule has 240 valence electrons. The van der Waals surface area contributed by atoms with E-state index in [1.165, 1.54) is 12.1 Å². The molecule has 0 bridgehead atoms. The fourth-order valence-corrected chi connectivity index (χ4v) is 4.06. The number of carbonyl (C=O) groups excluding carboxylic acids is 3. The van der Waals surface area contributed by atoms with Crippen LogP contribution in [0.4, 0.5) is 0 Å². The van der Waals surface area contributed by atoms with Gasteiger partial charge in [0.1, 0.15) is 11.8 Å². The van der Waals surface area contributed by atoms with Crippen molar-refractivity contribution >= 4 is 17.7 Å². The topological polar surface area (TPSA) is 108 Å². The number of nitrogens with one attached hydrogen (secondary N) is 3. The van der Waals surface area contributed by atoms with E-state index >= 15 is 0 Å². The number of phenolic OH excluding ortho intramolecular Hbond substituents is 1. The Morgan fingerprint density at radius 1 is 0.727 bits per heavy atom. The normalized spacial score (nSPS) is 12.9. The summed E-state index contributed by atoms with van der Waals surface area (Å²) >= 11 is 0. The molecule has 1 atom stereocenters. The first-order chi connectivity index (χ1) is 21.3. The van der Waals surface area contributed by atoms with Crippen LogP contribution in [0.2, 0.25) is 0 Å². The van der Waals surface area contributed by atoms with Gasteiger partial charge in [0.2, 0.25) is 11.8 Å². The van der Waals surface area contributed by atoms with E-state index in [2.05, 4.69) is 89.7 Å². The summed E-state index contributed by atoms with van der Waals surface area (Å²) in [6.45, 7) is 6.63. The maximum Gasteiger partial charge on any atom is 0.255 e. The second kappa shape index (κ2) is 25.4. The highest BCUT2D eigenvalue weighted by molar-refractivity contribution is 5.99. The molecule has 0 aromatic heterocycles. The Balaban J connectivity index is 2.17. The van der Waals surface area contributed by atoms with Crippen LogP contribution in [-0.4, -0.2) is 42.0 Å². The molecular formula is C37H53N3O4. The summed E-state index contributed by atoms with van der Waals surface area (Å²) in [5.74, 6) is -0.878. The standard InChI is InChI=1S/C37H53N3O4/c1-4-5-6-7-8-9-10-11-12-13-14-15-16-17-18-19-20-21-22-27-35(42)38-28-29-39-37(44)33(30-31(2)3)40-36(43)32-25-23-24-26-34(32)41/h5-6,8-9,11-12,14-15,17-18,20-21,23-26,31,33,41H,4,7,10,13,16,19,22,27-30H2,1-3H3,(H,38,42)(H,39,44)(H,40,43). The second-order valence-corrected chi connectivity index (χ2v) is 10.8. The molecule has 0 saturated heterocycles. The molecule has 3 amide bonds. The van der Waals surface area contributed by atoms with Crippen LogP contribution in [0.1, 0.15) is 88.9 Å². The first-order valence-electron chi connectivity index (χ1n) is 15.9. The summed E-state index contributed by atoms with van der Waals surface area (Å²) in [5.41, 5.74) is 0.119. The van der Waals surface area contributed by atoms with Crippen LogP contribution in [-0.2, 0) is 9.59 Å². The van der Waals surface area contributed by atoms with Gasteiger partial charge in [-0.3, -0.25) is 14.4 Å². The lowest BCUT2D eigenvalue weighted by atomic mass is 10.0. The second-order valence-electron chi connectivity index (χ2n) is 10.8. The average Bonchev–Trinajstić information content (AvgIpc) is 3.00. The van der Waals surface area contributed by atoms with Crippen LogP contribution in [0.3, 0.4) is 0 Å². The summed E-state index contributed by atoms with van der Waals surface area (Å²) < 4.78 is 0. The molecule has 1 unspecified atom stereocenters. The highest BCUT2D eigenvalue weighted by atomic mass is 16.3. The van der Waals surface area contributed by atoms with Gasteiger partial charge in [0.05, 0.1) is 5.56 Å². The predicted molar refractivity (Wildman–Crippen MR) is 182 cm³/mol. The molecule has 1 aromatic carbocycles. The SMILES string of the molecule is CCC=CCC=CCC=CCC=CCC=CCC=CCCC(=O)NCCNC(=O)C(CC(C)C)NC(=O)c1ccccc1O.